The number of aromatic nitrogens is 2. The van der Waals surface area contributed by atoms with Crippen molar-refractivity contribution in [2.75, 3.05) is 29.9 Å². The van der Waals surface area contributed by atoms with Gasteiger partial charge in [0.25, 0.3) is 0 Å². The molecule has 2 aromatic rings. The van der Waals surface area contributed by atoms with Crippen molar-refractivity contribution in [3.63, 3.8) is 0 Å². The third kappa shape index (κ3) is 3.83. The smallest absolute Gasteiger partial charge is 0.134 e. The van der Waals surface area contributed by atoms with E-state index in [1.54, 1.807) is 13.3 Å². The zero-order valence-electron chi connectivity index (χ0n) is 13.9. The Morgan fingerprint density at radius 1 is 1.25 bits per heavy atom. The zero-order valence-corrected chi connectivity index (χ0v) is 13.9. The molecule has 6 heteroatoms. The van der Waals surface area contributed by atoms with Crippen LogP contribution in [0, 0.1) is 0 Å². The van der Waals surface area contributed by atoms with E-state index in [2.05, 4.69) is 32.3 Å². The van der Waals surface area contributed by atoms with Gasteiger partial charge in [-0.25, -0.2) is 9.97 Å². The first kappa shape index (κ1) is 16.7. The summed E-state index contributed by atoms with van der Waals surface area (Å²) in [7, 11) is 0. The number of aliphatic hydroxyl groups excluding tert-OH is 2. The van der Waals surface area contributed by atoms with Crippen LogP contribution in [0.15, 0.2) is 30.6 Å². The first-order valence-corrected chi connectivity index (χ1v) is 8.39. The highest BCUT2D eigenvalue weighted by atomic mass is 16.3. The quantitative estimate of drug-likeness (QED) is 0.703. The lowest BCUT2D eigenvalue weighted by Crippen LogP contribution is -2.31. The Balaban J connectivity index is 1.72. The number of hydrogen-bond donors (Lipinski definition) is 3. The minimum absolute atomic E-state index is 0.169. The monoisotopic (exact) mass is 328 g/mol. The lowest BCUT2D eigenvalue weighted by Gasteiger charge is -2.30. The maximum atomic E-state index is 9.72. The molecule has 1 atom stereocenters. The van der Waals surface area contributed by atoms with Gasteiger partial charge in [0.15, 0.2) is 0 Å². The predicted octanol–water partition coefficient (Wildman–Crippen LogP) is 1.89. The summed E-state index contributed by atoms with van der Waals surface area (Å²) in [4.78, 5) is 10.9. The highest BCUT2D eigenvalue weighted by molar-refractivity contribution is 5.51. The molecule has 0 unspecified atom stereocenters. The molecule has 0 fully saturated rings. The van der Waals surface area contributed by atoms with E-state index in [4.69, 9.17) is 5.11 Å². The molecule has 0 bridgehead atoms. The molecule has 1 aliphatic rings. The van der Waals surface area contributed by atoms with E-state index in [9.17, 15) is 5.11 Å². The van der Waals surface area contributed by atoms with Crippen LogP contribution in [-0.2, 0) is 13.0 Å². The second-order valence-corrected chi connectivity index (χ2v) is 6.14. The van der Waals surface area contributed by atoms with E-state index in [0.29, 0.717) is 13.0 Å². The number of fused-ring (bicyclic) bond motifs is 1. The van der Waals surface area contributed by atoms with Gasteiger partial charge in [0.1, 0.15) is 18.0 Å². The van der Waals surface area contributed by atoms with Gasteiger partial charge in [-0.3, -0.25) is 0 Å². The second-order valence-electron chi connectivity index (χ2n) is 6.14. The highest BCUT2D eigenvalue weighted by Crippen LogP contribution is 2.26. The Hall–Kier alpha value is -2.18. The van der Waals surface area contributed by atoms with Gasteiger partial charge in [0.2, 0.25) is 0 Å². The highest BCUT2D eigenvalue weighted by Gasteiger charge is 2.18. The zero-order chi connectivity index (χ0) is 16.9. The van der Waals surface area contributed by atoms with Gasteiger partial charge >= 0.3 is 0 Å². The number of aliphatic hydroxyl groups is 2. The van der Waals surface area contributed by atoms with Gasteiger partial charge in [-0.05, 0) is 36.5 Å². The van der Waals surface area contributed by atoms with Crippen LogP contribution < -0.4 is 10.2 Å². The lowest BCUT2D eigenvalue weighted by atomic mass is 9.96. The van der Waals surface area contributed by atoms with E-state index in [0.717, 1.165) is 36.7 Å². The molecule has 3 rings (SSSR count). The van der Waals surface area contributed by atoms with E-state index >= 15 is 0 Å². The van der Waals surface area contributed by atoms with Crippen molar-refractivity contribution < 1.29 is 10.2 Å². The first-order valence-electron chi connectivity index (χ1n) is 8.39. The number of nitrogens with one attached hydrogen (secondary N) is 1. The number of nitrogens with zero attached hydrogens (tertiary/aromatic N) is 3. The molecule has 0 aliphatic carbocycles. The summed E-state index contributed by atoms with van der Waals surface area (Å²) in [6.45, 7) is 4.36. The molecule has 0 spiro atoms. The minimum atomic E-state index is -0.428. The van der Waals surface area contributed by atoms with Crippen LogP contribution in [0.1, 0.15) is 36.1 Å². The normalized spacial score (nSPS) is 15.0. The molecule has 2 heterocycles. The fourth-order valence-corrected chi connectivity index (χ4v) is 2.94. The summed E-state index contributed by atoms with van der Waals surface area (Å²) in [6.07, 6.45) is 2.78. The summed E-state index contributed by atoms with van der Waals surface area (Å²) in [6, 6.07) is 8.16. The maximum Gasteiger partial charge on any atom is 0.134 e. The number of benzene rings is 1. The summed E-state index contributed by atoms with van der Waals surface area (Å²) in [5.41, 5.74) is 3.55. The summed E-state index contributed by atoms with van der Waals surface area (Å²) >= 11 is 0. The van der Waals surface area contributed by atoms with Gasteiger partial charge in [0, 0.05) is 32.3 Å². The number of rotatable bonds is 6. The summed E-state index contributed by atoms with van der Waals surface area (Å²) in [5.74, 6) is 1.69. The molecule has 1 aromatic heterocycles. The van der Waals surface area contributed by atoms with Crippen LogP contribution in [0.5, 0.6) is 0 Å². The molecule has 1 aromatic carbocycles. The van der Waals surface area contributed by atoms with Crippen molar-refractivity contribution in [2.45, 2.75) is 32.4 Å². The molecule has 24 heavy (non-hydrogen) atoms. The van der Waals surface area contributed by atoms with E-state index in [1.807, 2.05) is 12.1 Å². The molecule has 0 amide bonds. The first-order chi connectivity index (χ1) is 11.7. The lowest BCUT2D eigenvalue weighted by molar-refractivity contribution is 0.199. The van der Waals surface area contributed by atoms with Crippen molar-refractivity contribution in [2.24, 2.45) is 0 Å². The standard InChI is InChI=1S/C18H24N4O2/c1-13(24)14-3-4-16-11-22(7-5-15(16)9-14)18-10-17(20-12-21-18)19-6-2-8-23/h3-4,9-10,12-13,23-24H,2,5-8,11H2,1H3,(H,19,20,21)/t13-/m0/s1. The van der Waals surface area contributed by atoms with Gasteiger partial charge in [-0.2, -0.15) is 0 Å². The molecule has 3 N–H and O–H groups in total. The Kier molecular flexibility index (Phi) is 5.27. The van der Waals surface area contributed by atoms with Crippen molar-refractivity contribution in [3.05, 3.63) is 47.3 Å². The molecular formula is C18H24N4O2. The van der Waals surface area contributed by atoms with Gasteiger partial charge in [-0.15, -0.1) is 0 Å². The van der Waals surface area contributed by atoms with Crippen LogP contribution >= 0.6 is 0 Å². The van der Waals surface area contributed by atoms with Crippen molar-refractivity contribution in [3.8, 4) is 0 Å². The van der Waals surface area contributed by atoms with Crippen LogP contribution in [0.25, 0.3) is 0 Å². The van der Waals surface area contributed by atoms with E-state index in [-0.39, 0.29) is 6.61 Å². The molecule has 128 valence electrons. The number of anilines is 2. The molecule has 0 saturated heterocycles. The molecule has 1 aliphatic heterocycles. The van der Waals surface area contributed by atoms with E-state index in [1.165, 1.54) is 11.1 Å². The fourth-order valence-electron chi connectivity index (χ4n) is 2.94. The summed E-state index contributed by atoms with van der Waals surface area (Å²) < 4.78 is 0. The van der Waals surface area contributed by atoms with E-state index < -0.39 is 6.10 Å². The molecule has 0 saturated carbocycles. The largest absolute Gasteiger partial charge is 0.396 e. The number of hydrogen-bond acceptors (Lipinski definition) is 6. The van der Waals surface area contributed by atoms with Gasteiger partial charge < -0.3 is 20.4 Å². The molecule has 6 nitrogen and oxygen atoms in total. The van der Waals surface area contributed by atoms with Crippen LogP contribution in [0.3, 0.4) is 0 Å². The predicted molar refractivity (Wildman–Crippen MR) is 94.1 cm³/mol. The van der Waals surface area contributed by atoms with Crippen molar-refractivity contribution in [1.29, 1.82) is 0 Å². The summed E-state index contributed by atoms with van der Waals surface area (Å²) in [5, 5.41) is 21.8. The average molecular weight is 328 g/mol. The van der Waals surface area contributed by atoms with Crippen molar-refractivity contribution >= 4 is 11.6 Å². The van der Waals surface area contributed by atoms with Crippen LogP contribution in [0.2, 0.25) is 0 Å². The topological polar surface area (TPSA) is 81.5 Å². The SMILES string of the molecule is C[C@H](O)c1ccc2c(c1)CCN(c1cc(NCCCO)ncn1)C2. The third-order valence-electron chi connectivity index (χ3n) is 4.34. The maximum absolute atomic E-state index is 9.72. The Bertz CT molecular complexity index is 690. The Morgan fingerprint density at radius 2 is 2.12 bits per heavy atom. The molecular weight excluding hydrogens is 304 g/mol. The fraction of sp³-hybridized carbons (Fsp3) is 0.444. The Labute approximate surface area is 142 Å². The minimum Gasteiger partial charge on any atom is -0.396 e. The second kappa shape index (κ2) is 7.59. The van der Waals surface area contributed by atoms with Crippen LogP contribution in [-0.4, -0.2) is 39.9 Å². The van der Waals surface area contributed by atoms with Gasteiger partial charge in [-0.1, -0.05) is 18.2 Å². The average Bonchev–Trinajstić information content (AvgIpc) is 2.61. The third-order valence-corrected chi connectivity index (χ3v) is 4.34. The Morgan fingerprint density at radius 3 is 2.92 bits per heavy atom. The van der Waals surface area contributed by atoms with Crippen molar-refractivity contribution in [1.82, 2.24) is 9.97 Å². The van der Waals surface area contributed by atoms with Crippen LogP contribution in [0.4, 0.5) is 11.6 Å². The van der Waals surface area contributed by atoms with Gasteiger partial charge in [0.05, 0.1) is 6.10 Å². The molecule has 0 radical (unpaired) electrons.